The lowest BCUT2D eigenvalue weighted by Crippen LogP contribution is -2.15. The summed E-state index contributed by atoms with van der Waals surface area (Å²) in [6.07, 6.45) is 4.44. The van der Waals surface area contributed by atoms with Crippen molar-refractivity contribution in [3.63, 3.8) is 0 Å². The van der Waals surface area contributed by atoms with Gasteiger partial charge >= 0.3 is 0 Å². The van der Waals surface area contributed by atoms with Crippen molar-refractivity contribution in [1.29, 1.82) is 0 Å². The van der Waals surface area contributed by atoms with E-state index in [1.165, 1.54) is 18.4 Å². The molecule has 1 aromatic heterocycles. The maximum absolute atomic E-state index is 5.79. The molecule has 0 saturated heterocycles. The van der Waals surface area contributed by atoms with Crippen LogP contribution < -0.4 is 14.8 Å². The van der Waals surface area contributed by atoms with Crippen LogP contribution in [0.4, 0.5) is 0 Å². The van der Waals surface area contributed by atoms with E-state index in [1.807, 2.05) is 43.5 Å². The van der Waals surface area contributed by atoms with Crippen molar-refractivity contribution in [3.05, 3.63) is 47.7 Å². The second-order valence-corrected chi connectivity index (χ2v) is 5.42. The largest absolute Gasteiger partial charge is 0.493 e. The Kier molecular flexibility index (Phi) is 4.06. The van der Waals surface area contributed by atoms with Gasteiger partial charge in [-0.2, -0.15) is 0 Å². The lowest BCUT2D eigenvalue weighted by atomic mass is 10.2. The molecule has 1 saturated carbocycles. The first-order valence-electron chi connectivity index (χ1n) is 7.25. The molecule has 0 amide bonds. The van der Waals surface area contributed by atoms with Gasteiger partial charge in [-0.25, -0.2) is 4.98 Å². The molecule has 1 N–H and O–H groups in total. The molecular formula is C17H20N2O2. The summed E-state index contributed by atoms with van der Waals surface area (Å²) in [6, 6.07) is 10.5. The third-order valence-corrected chi connectivity index (χ3v) is 3.50. The zero-order chi connectivity index (χ0) is 14.7. The Hall–Kier alpha value is -2.07. The molecule has 0 bridgehead atoms. The number of aromatic nitrogens is 1. The molecule has 0 spiro atoms. The quantitative estimate of drug-likeness (QED) is 0.882. The molecular weight excluding hydrogens is 264 g/mol. The SMILES string of the molecule is COc1cc(C)ccc1Oc1ccc(CNC2CC2)cn1. The molecule has 3 rings (SSSR count). The van der Waals surface area contributed by atoms with Gasteiger partial charge in [-0.1, -0.05) is 12.1 Å². The Balaban J connectivity index is 1.66. The average molecular weight is 284 g/mol. The number of nitrogens with zero attached hydrogens (tertiary/aromatic N) is 1. The van der Waals surface area contributed by atoms with Crippen LogP contribution in [0, 0.1) is 6.92 Å². The molecule has 4 heteroatoms. The van der Waals surface area contributed by atoms with Crippen LogP contribution in [0.25, 0.3) is 0 Å². The number of pyridine rings is 1. The summed E-state index contributed by atoms with van der Waals surface area (Å²) in [7, 11) is 1.64. The third kappa shape index (κ3) is 3.73. The normalized spacial score (nSPS) is 14.0. The summed E-state index contributed by atoms with van der Waals surface area (Å²) in [5.74, 6) is 1.98. The Bertz CT molecular complexity index is 607. The van der Waals surface area contributed by atoms with Crippen molar-refractivity contribution in [2.75, 3.05) is 7.11 Å². The van der Waals surface area contributed by atoms with E-state index in [2.05, 4.69) is 10.3 Å². The van der Waals surface area contributed by atoms with Crippen LogP contribution >= 0.6 is 0 Å². The van der Waals surface area contributed by atoms with E-state index in [4.69, 9.17) is 9.47 Å². The van der Waals surface area contributed by atoms with Gasteiger partial charge in [0.1, 0.15) is 0 Å². The maximum Gasteiger partial charge on any atom is 0.219 e. The molecule has 1 aliphatic rings. The van der Waals surface area contributed by atoms with Crippen LogP contribution in [0.15, 0.2) is 36.5 Å². The minimum absolute atomic E-state index is 0.576. The number of methoxy groups -OCH3 is 1. The molecule has 1 fully saturated rings. The average Bonchev–Trinajstić information content (AvgIpc) is 3.32. The molecule has 2 aromatic rings. The second kappa shape index (κ2) is 6.14. The summed E-state index contributed by atoms with van der Waals surface area (Å²) >= 11 is 0. The number of hydrogen-bond acceptors (Lipinski definition) is 4. The van der Waals surface area contributed by atoms with Crippen molar-refractivity contribution in [2.24, 2.45) is 0 Å². The highest BCUT2D eigenvalue weighted by atomic mass is 16.5. The van der Waals surface area contributed by atoms with Gasteiger partial charge in [-0.3, -0.25) is 0 Å². The van der Waals surface area contributed by atoms with E-state index < -0.39 is 0 Å². The number of hydrogen-bond donors (Lipinski definition) is 1. The summed E-state index contributed by atoms with van der Waals surface area (Å²) in [5.41, 5.74) is 2.30. The van der Waals surface area contributed by atoms with Crippen molar-refractivity contribution < 1.29 is 9.47 Å². The zero-order valence-corrected chi connectivity index (χ0v) is 12.4. The van der Waals surface area contributed by atoms with E-state index in [1.54, 1.807) is 7.11 Å². The predicted molar refractivity (Wildman–Crippen MR) is 81.9 cm³/mol. The van der Waals surface area contributed by atoms with Gasteiger partial charge < -0.3 is 14.8 Å². The Morgan fingerprint density at radius 3 is 2.71 bits per heavy atom. The number of nitrogens with one attached hydrogen (secondary N) is 1. The molecule has 110 valence electrons. The van der Waals surface area contributed by atoms with Crippen molar-refractivity contribution in [3.8, 4) is 17.4 Å². The van der Waals surface area contributed by atoms with Gasteiger partial charge in [0.15, 0.2) is 11.5 Å². The topological polar surface area (TPSA) is 43.4 Å². The molecule has 1 heterocycles. The predicted octanol–water partition coefficient (Wildman–Crippen LogP) is 3.44. The fraction of sp³-hybridized carbons (Fsp3) is 0.353. The Morgan fingerprint density at radius 1 is 1.19 bits per heavy atom. The minimum Gasteiger partial charge on any atom is -0.493 e. The lowest BCUT2D eigenvalue weighted by molar-refractivity contribution is 0.374. The first kappa shape index (κ1) is 13.9. The molecule has 0 unspecified atom stereocenters. The molecule has 1 aliphatic carbocycles. The zero-order valence-electron chi connectivity index (χ0n) is 12.4. The van der Waals surface area contributed by atoms with E-state index in [0.717, 1.165) is 17.9 Å². The van der Waals surface area contributed by atoms with Crippen LogP contribution in [-0.4, -0.2) is 18.1 Å². The molecule has 1 aromatic carbocycles. The van der Waals surface area contributed by atoms with Gasteiger partial charge in [0.25, 0.3) is 0 Å². The number of benzene rings is 1. The lowest BCUT2D eigenvalue weighted by Gasteiger charge is -2.10. The van der Waals surface area contributed by atoms with Crippen LogP contribution in [0.2, 0.25) is 0 Å². The number of rotatable bonds is 6. The summed E-state index contributed by atoms with van der Waals surface area (Å²) in [6.45, 7) is 2.89. The standard InChI is InChI=1S/C17H20N2O2/c1-12-3-7-15(16(9-12)20-2)21-17-8-4-13(11-19-17)10-18-14-5-6-14/h3-4,7-9,11,14,18H,5-6,10H2,1-2H3. The molecule has 4 nitrogen and oxygen atoms in total. The van der Waals surface area contributed by atoms with E-state index >= 15 is 0 Å². The van der Waals surface area contributed by atoms with Crippen molar-refractivity contribution in [2.45, 2.75) is 32.4 Å². The molecule has 0 radical (unpaired) electrons. The monoisotopic (exact) mass is 284 g/mol. The van der Waals surface area contributed by atoms with Crippen molar-refractivity contribution >= 4 is 0 Å². The maximum atomic E-state index is 5.79. The van der Waals surface area contributed by atoms with Crippen molar-refractivity contribution in [1.82, 2.24) is 10.3 Å². The van der Waals surface area contributed by atoms with Gasteiger partial charge in [-0.15, -0.1) is 0 Å². The molecule has 0 atom stereocenters. The highest BCUT2D eigenvalue weighted by molar-refractivity contribution is 5.44. The van der Waals surface area contributed by atoms with Crippen LogP contribution in [-0.2, 0) is 6.54 Å². The Morgan fingerprint density at radius 2 is 2.05 bits per heavy atom. The highest BCUT2D eigenvalue weighted by Gasteiger charge is 2.19. The van der Waals surface area contributed by atoms with Gasteiger partial charge in [-0.05, 0) is 43.0 Å². The van der Waals surface area contributed by atoms with Gasteiger partial charge in [0.2, 0.25) is 5.88 Å². The van der Waals surface area contributed by atoms with Crippen LogP contribution in [0.1, 0.15) is 24.0 Å². The van der Waals surface area contributed by atoms with Crippen LogP contribution in [0.5, 0.6) is 17.4 Å². The fourth-order valence-electron chi connectivity index (χ4n) is 2.10. The number of aryl methyl sites for hydroxylation is 1. The van der Waals surface area contributed by atoms with E-state index in [-0.39, 0.29) is 0 Å². The van der Waals surface area contributed by atoms with E-state index in [9.17, 15) is 0 Å². The van der Waals surface area contributed by atoms with Gasteiger partial charge in [0, 0.05) is 24.8 Å². The summed E-state index contributed by atoms with van der Waals surface area (Å²) in [4.78, 5) is 4.35. The van der Waals surface area contributed by atoms with Crippen LogP contribution in [0.3, 0.4) is 0 Å². The first-order chi connectivity index (χ1) is 10.2. The third-order valence-electron chi connectivity index (χ3n) is 3.50. The highest BCUT2D eigenvalue weighted by Crippen LogP contribution is 2.31. The summed E-state index contributed by atoms with van der Waals surface area (Å²) < 4.78 is 11.1. The van der Waals surface area contributed by atoms with Gasteiger partial charge in [0.05, 0.1) is 7.11 Å². The number of ether oxygens (including phenoxy) is 2. The summed E-state index contributed by atoms with van der Waals surface area (Å²) in [5, 5.41) is 3.47. The minimum atomic E-state index is 0.576. The molecule has 0 aliphatic heterocycles. The molecule has 21 heavy (non-hydrogen) atoms. The smallest absolute Gasteiger partial charge is 0.219 e. The Labute approximate surface area is 125 Å². The first-order valence-corrected chi connectivity index (χ1v) is 7.25. The van der Waals surface area contributed by atoms with E-state index in [0.29, 0.717) is 17.7 Å². The second-order valence-electron chi connectivity index (χ2n) is 5.42. The fourth-order valence-corrected chi connectivity index (χ4v) is 2.10.